The van der Waals surface area contributed by atoms with Crippen molar-refractivity contribution in [1.82, 2.24) is 5.32 Å². The average Bonchev–Trinajstić information content (AvgIpc) is 3.36. The first-order valence-corrected chi connectivity index (χ1v) is 13.3. The normalized spacial score (nSPS) is 15.7. The Morgan fingerprint density at radius 2 is 1.49 bits per heavy atom. The van der Waals surface area contributed by atoms with E-state index in [0.29, 0.717) is 18.7 Å². The zero-order valence-corrected chi connectivity index (χ0v) is 22.7. The van der Waals surface area contributed by atoms with Crippen LogP contribution in [-0.4, -0.2) is 5.91 Å². The predicted octanol–water partition coefficient (Wildman–Crippen LogP) is 8.12. The number of amides is 1. The third kappa shape index (κ3) is 5.27. The first-order chi connectivity index (χ1) is 17.6. The first kappa shape index (κ1) is 25.1. The van der Waals surface area contributed by atoms with Crippen molar-refractivity contribution in [1.29, 1.82) is 0 Å². The average molecular weight is 492 g/mol. The fourth-order valence-electron chi connectivity index (χ4n) is 5.50. The number of carbonyl (C=O) groups is 1. The van der Waals surface area contributed by atoms with Crippen molar-refractivity contribution in [2.45, 2.75) is 71.3 Å². The van der Waals surface area contributed by atoms with E-state index in [1.54, 1.807) is 6.07 Å². The summed E-state index contributed by atoms with van der Waals surface area (Å²) >= 11 is 0. The third-order valence-electron chi connectivity index (χ3n) is 8.05. The van der Waals surface area contributed by atoms with Gasteiger partial charge in [-0.1, -0.05) is 88.4 Å². The van der Waals surface area contributed by atoms with E-state index in [1.165, 1.54) is 35.1 Å². The van der Waals surface area contributed by atoms with Crippen LogP contribution in [-0.2, 0) is 23.8 Å². The summed E-state index contributed by atoms with van der Waals surface area (Å²) < 4.78 is 6.01. The number of hydrogen-bond acceptors (Lipinski definition) is 2. The molecule has 1 aromatic heterocycles. The molecule has 1 N–H and O–H groups in total. The van der Waals surface area contributed by atoms with Crippen LogP contribution < -0.4 is 5.32 Å². The van der Waals surface area contributed by atoms with Crippen LogP contribution in [0, 0.1) is 6.92 Å². The van der Waals surface area contributed by atoms with Crippen molar-refractivity contribution in [2.24, 2.45) is 0 Å². The van der Waals surface area contributed by atoms with Gasteiger partial charge in [0.15, 0.2) is 5.76 Å². The van der Waals surface area contributed by atoms with E-state index in [2.05, 4.69) is 76.3 Å². The first-order valence-electron chi connectivity index (χ1n) is 13.3. The van der Waals surface area contributed by atoms with Crippen LogP contribution in [0.25, 0.3) is 11.1 Å². The highest BCUT2D eigenvalue weighted by molar-refractivity contribution is 5.91. The highest BCUT2D eigenvalue weighted by Gasteiger charge is 2.37. The van der Waals surface area contributed by atoms with Gasteiger partial charge in [-0.15, -0.1) is 0 Å². The second-order valence-corrected chi connectivity index (χ2v) is 11.8. The summed E-state index contributed by atoms with van der Waals surface area (Å²) in [5.41, 5.74) is 9.19. The van der Waals surface area contributed by atoms with E-state index in [1.807, 2.05) is 36.4 Å². The molecule has 0 spiro atoms. The van der Waals surface area contributed by atoms with E-state index in [9.17, 15) is 4.79 Å². The molecule has 1 aliphatic carbocycles. The molecule has 3 nitrogen and oxygen atoms in total. The minimum absolute atomic E-state index is 0.166. The van der Waals surface area contributed by atoms with Crippen LogP contribution in [0.5, 0.6) is 0 Å². The number of rotatable bonds is 6. The lowest BCUT2D eigenvalue weighted by Gasteiger charge is -2.42. The predicted molar refractivity (Wildman–Crippen MR) is 151 cm³/mol. The van der Waals surface area contributed by atoms with Crippen LogP contribution in [0.3, 0.4) is 0 Å². The molecular formula is C34H37NO2. The maximum Gasteiger partial charge on any atom is 0.287 e. The molecule has 1 heterocycles. The molecule has 5 rings (SSSR count). The van der Waals surface area contributed by atoms with Gasteiger partial charge in [0.2, 0.25) is 0 Å². The number of aryl methyl sites for hydroxylation is 1. The third-order valence-corrected chi connectivity index (χ3v) is 8.05. The zero-order valence-electron chi connectivity index (χ0n) is 22.7. The van der Waals surface area contributed by atoms with Crippen LogP contribution in [0.15, 0.2) is 83.3 Å². The molecule has 0 radical (unpaired) electrons. The Labute approximate surface area is 220 Å². The SMILES string of the molecule is Cc1cc2c(cc1Cc1ccc(C(=O)NCc3cccc(-c4ccccc4)c3)o1)C(C)(C)CCC2(C)C. The zero-order chi connectivity index (χ0) is 26.2. The minimum atomic E-state index is -0.193. The van der Waals surface area contributed by atoms with Crippen LogP contribution in [0.2, 0.25) is 0 Å². The summed E-state index contributed by atoms with van der Waals surface area (Å²) in [6.45, 7) is 12.1. The molecule has 0 unspecified atom stereocenters. The highest BCUT2D eigenvalue weighted by atomic mass is 16.3. The van der Waals surface area contributed by atoms with Crippen molar-refractivity contribution in [2.75, 3.05) is 0 Å². The van der Waals surface area contributed by atoms with Crippen molar-refractivity contribution >= 4 is 5.91 Å². The molecule has 0 saturated heterocycles. The quantitative estimate of drug-likeness (QED) is 0.296. The van der Waals surface area contributed by atoms with E-state index in [0.717, 1.165) is 22.5 Å². The lowest BCUT2D eigenvalue weighted by atomic mass is 9.62. The minimum Gasteiger partial charge on any atom is -0.456 e. The Balaban J connectivity index is 1.28. The molecule has 1 amide bonds. The Morgan fingerprint density at radius 1 is 0.811 bits per heavy atom. The van der Waals surface area contributed by atoms with E-state index >= 15 is 0 Å². The van der Waals surface area contributed by atoms with Gasteiger partial charge in [-0.3, -0.25) is 4.79 Å². The molecular weight excluding hydrogens is 454 g/mol. The van der Waals surface area contributed by atoms with Gasteiger partial charge >= 0.3 is 0 Å². The monoisotopic (exact) mass is 491 g/mol. The van der Waals surface area contributed by atoms with Gasteiger partial charge in [0.25, 0.3) is 5.91 Å². The number of fused-ring (bicyclic) bond motifs is 1. The van der Waals surface area contributed by atoms with E-state index in [-0.39, 0.29) is 16.7 Å². The van der Waals surface area contributed by atoms with Gasteiger partial charge in [-0.2, -0.15) is 0 Å². The van der Waals surface area contributed by atoms with Gasteiger partial charge in [-0.25, -0.2) is 0 Å². The number of benzene rings is 3. The molecule has 190 valence electrons. The fourth-order valence-corrected chi connectivity index (χ4v) is 5.50. The Hall–Kier alpha value is -3.59. The molecule has 0 atom stereocenters. The standard InChI is InChI=1S/C34H37NO2/c1-23-18-29-30(34(4,5)17-16-33(29,2)3)21-27(23)20-28-14-15-31(37-28)32(36)35-22-24-10-9-13-26(19-24)25-11-7-6-8-12-25/h6-15,18-19,21H,16-17,20,22H2,1-5H3,(H,35,36). The van der Waals surface area contributed by atoms with Crippen molar-refractivity contribution < 1.29 is 9.21 Å². The second-order valence-electron chi connectivity index (χ2n) is 11.8. The second kappa shape index (κ2) is 9.70. The topological polar surface area (TPSA) is 42.2 Å². The van der Waals surface area contributed by atoms with Gasteiger partial charge in [0.1, 0.15) is 5.76 Å². The lowest BCUT2D eigenvalue weighted by molar-refractivity contribution is 0.0921. The molecule has 0 saturated carbocycles. The highest BCUT2D eigenvalue weighted by Crippen LogP contribution is 2.46. The maximum atomic E-state index is 12.8. The molecule has 0 aliphatic heterocycles. The molecule has 37 heavy (non-hydrogen) atoms. The van der Waals surface area contributed by atoms with Crippen LogP contribution in [0.4, 0.5) is 0 Å². The number of nitrogens with one attached hydrogen (secondary N) is 1. The van der Waals surface area contributed by atoms with Crippen molar-refractivity contribution in [3.8, 4) is 11.1 Å². The number of furan rings is 1. The van der Waals surface area contributed by atoms with Crippen molar-refractivity contribution in [3.63, 3.8) is 0 Å². The maximum absolute atomic E-state index is 12.8. The summed E-state index contributed by atoms with van der Waals surface area (Å²) in [6, 6.07) is 27.0. The Morgan fingerprint density at radius 3 is 2.22 bits per heavy atom. The van der Waals surface area contributed by atoms with Crippen LogP contribution in [0.1, 0.15) is 84.7 Å². The number of hydrogen-bond donors (Lipinski definition) is 1. The van der Waals surface area contributed by atoms with Gasteiger partial charge < -0.3 is 9.73 Å². The Bertz CT molecular complexity index is 1430. The molecule has 0 bridgehead atoms. The summed E-state index contributed by atoms with van der Waals surface area (Å²) in [5, 5.41) is 3.01. The summed E-state index contributed by atoms with van der Waals surface area (Å²) in [6.07, 6.45) is 3.08. The fraction of sp³-hybridized carbons (Fsp3) is 0.324. The van der Waals surface area contributed by atoms with E-state index in [4.69, 9.17) is 4.42 Å². The van der Waals surface area contributed by atoms with Crippen LogP contribution >= 0.6 is 0 Å². The molecule has 3 aromatic carbocycles. The summed E-state index contributed by atoms with van der Waals surface area (Å²) in [5.74, 6) is 0.972. The molecule has 1 aliphatic rings. The largest absolute Gasteiger partial charge is 0.456 e. The molecule has 0 fully saturated rings. The number of carbonyl (C=O) groups excluding carboxylic acids is 1. The van der Waals surface area contributed by atoms with Crippen molar-refractivity contribution in [3.05, 3.63) is 118 Å². The van der Waals surface area contributed by atoms with E-state index < -0.39 is 0 Å². The summed E-state index contributed by atoms with van der Waals surface area (Å²) in [7, 11) is 0. The lowest BCUT2D eigenvalue weighted by Crippen LogP contribution is -2.34. The van der Waals surface area contributed by atoms with Gasteiger partial charge in [0.05, 0.1) is 0 Å². The summed E-state index contributed by atoms with van der Waals surface area (Å²) in [4.78, 5) is 12.8. The molecule has 4 aromatic rings. The molecule has 3 heteroatoms. The smallest absolute Gasteiger partial charge is 0.287 e. The Kier molecular flexibility index (Phi) is 6.58. The van der Waals surface area contributed by atoms with Gasteiger partial charge in [0, 0.05) is 13.0 Å². The van der Waals surface area contributed by atoms with Gasteiger partial charge in [-0.05, 0) is 87.7 Å².